The molecule has 0 unspecified atom stereocenters. The smallest absolute Gasteiger partial charge is 0.320 e. The van der Waals surface area contributed by atoms with Crippen molar-refractivity contribution in [2.75, 3.05) is 6.61 Å². The van der Waals surface area contributed by atoms with Crippen LogP contribution < -0.4 is 11.2 Å². The average Bonchev–Trinajstić information content (AvgIpc) is 3.14. The number of H-pyrrole nitrogens is 1. The van der Waals surface area contributed by atoms with Crippen LogP contribution in [0.2, 0.25) is 0 Å². The molecule has 9 nitrogen and oxygen atoms in total. The van der Waals surface area contributed by atoms with Crippen molar-refractivity contribution in [3.8, 4) is 0 Å². The lowest BCUT2D eigenvalue weighted by molar-refractivity contribution is -0.138. The van der Waals surface area contributed by atoms with E-state index in [1.807, 2.05) is 30.3 Å². The van der Waals surface area contributed by atoms with Crippen LogP contribution in [0.4, 0.5) is 0 Å². The molecule has 2 aromatic rings. The predicted octanol–water partition coefficient (Wildman–Crippen LogP) is 0.864. The first kappa shape index (κ1) is 21.3. The number of carboxylic acid groups (broad SMARTS) is 1. The van der Waals surface area contributed by atoms with Crippen LogP contribution >= 0.6 is 0 Å². The van der Waals surface area contributed by atoms with E-state index in [2.05, 4.69) is 15.4 Å². The SMILES string of the molecule is CCONC(=O)C[C@H](Cc1ccccc1)C(=O)c1ncc(C[C@H](N)C(=O)O)[nH]1. The monoisotopic (exact) mass is 388 g/mol. The van der Waals surface area contributed by atoms with E-state index < -0.39 is 23.8 Å². The molecule has 1 aromatic carbocycles. The molecule has 28 heavy (non-hydrogen) atoms. The molecule has 2 atom stereocenters. The van der Waals surface area contributed by atoms with E-state index in [0.29, 0.717) is 18.7 Å². The Balaban J connectivity index is 2.14. The van der Waals surface area contributed by atoms with E-state index in [1.54, 1.807) is 6.92 Å². The molecular formula is C19H24N4O5. The fourth-order valence-electron chi connectivity index (χ4n) is 2.68. The second kappa shape index (κ2) is 10.3. The number of nitrogens with one attached hydrogen (secondary N) is 2. The van der Waals surface area contributed by atoms with Crippen molar-refractivity contribution in [1.82, 2.24) is 15.4 Å². The second-order valence-corrected chi connectivity index (χ2v) is 6.32. The fraction of sp³-hybridized carbons (Fsp3) is 0.368. The molecule has 0 fully saturated rings. The molecule has 1 amide bonds. The highest BCUT2D eigenvalue weighted by molar-refractivity contribution is 5.97. The van der Waals surface area contributed by atoms with Gasteiger partial charge in [-0.05, 0) is 18.9 Å². The number of carbonyl (C=O) groups is 3. The summed E-state index contributed by atoms with van der Waals surface area (Å²) in [7, 11) is 0. The van der Waals surface area contributed by atoms with Crippen molar-refractivity contribution < 1.29 is 24.3 Å². The number of aromatic amines is 1. The Bertz CT molecular complexity index is 806. The average molecular weight is 388 g/mol. The van der Waals surface area contributed by atoms with Crippen molar-refractivity contribution >= 4 is 17.7 Å². The first-order chi connectivity index (χ1) is 13.4. The van der Waals surface area contributed by atoms with E-state index in [4.69, 9.17) is 15.7 Å². The molecular weight excluding hydrogens is 364 g/mol. The lowest BCUT2D eigenvalue weighted by atomic mass is 9.91. The Kier molecular flexibility index (Phi) is 7.85. The zero-order chi connectivity index (χ0) is 20.5. The van der Waals surface area contributed by atoms with E-state index >= 15 is 0 Å². The van der Waals surface area contributed by atoms with Gasteiger partial charge in [-0.25, -0.2) is 10.5 Å². The summed E-state index contributed by atoms with van der Waals surface area (Å²) in [4.78, 5) is 47.6. The molecule has 0 radical (unpaired) electrons. The Morgan fingerprint density at radius 2 is 1.96 bits per heavy atom. The molecule has 9 heteroatoms. The van der Waals surface area contributed by atoms with Gasteiger partial charge in [0, 0.05) is 30.7 Å². The number of imidazole rings is 1. The van der Waals surface area contributed by atoms with Crippen LogP contribution in [0.25, 0.3) is 0 Å². The topological polar surface area (TPSA) is 147 Å². The highest BCUT2D eigenvalue weighted by atomic mass is 16.6. The molecule has 0 bridgehead atoms. The van der Waals surface area contributed by atoms with Gasteiger partial charge in [0.1, 0.15) is 6.04 Å². The van der Waals surface area contributed by atoms with Crippen LogP contribution in [0, 0.1) is 5.92 Å². The van der Waals surface area contributed by atoms with Crippen molar-refractivity contribution in [1.29, 1.82) is 0 Å². The van der Waals surface area contributed by atoms with Gasteiger partial charge in [0.05, 0.1) is 6.61 Å². The fourth-order valence-corrected chi connectivity index (χ4v) is 2.68. The number of rotatable bonds is 11. The molecule has 1 aromatic heterocycles. The van der Waals surface area contributed by atoms with Crippen molar-refractivity contribution in [2.24, 2.45) is 11.7 Å². The van der Waals surface area contributed by atoms with Crippen LogP contribution in [0.15, 0.2) is 36.5 Å². The Morgan fingerprint density at radius 3 is 2.61 bits per heavy atom. The van der Waals surface area contributed by atoms with Gasteiger partial charge in [-0.3, -0.25) is 19.2 Å². The van der Waals surface area contributed by atoms with Gasteiger partial charge in [-0.1, -0.05) is 30.3 Å². The second-order valence-electron chi connectivity index (χ2n) is 6.32. The summed E-state index contributed by atoms with van der Waals surface area (Å²) in [5.74, 6) is -2.48. The summed E-state index contributed by atoms with van der Waals surface area (Å²) in [6.07, 6.45) is 1.68. The first-order valence-corrected chi connectivity index (χ1v) is 8.91. The lowest BCUT2D eigenvalue weighted by Gasteiger charge is -2.14. The highest BCUT2D eigenvalue weighted by Gasteiger charge is 2.26. The van der Waals surface area contributed by atoms with E-state index in [0.717, 1.165) is 5.56 Å². The Morgan fingerprint density at radius 1 is 1.25 bits per heavy atom. The van der Waals surface area contributed by atoms with Crippen LogP contribution in [-0.4, -0.2) is 45.4 Å². The molecule has 2 rings (SSSR count). The van der Waals surface area contributed by atoms with E-state index in [1.165, 1.54) is 6.20 Å². The summed E-state index contributed by atoms with van der Waals surface area (Å²) in [5.41, 5.74) is 9.15. The first-order valence-electron chi connectivity index (χ1n) is 8.91. The third-order valence-corrected chi connectivity index (χ3v) is 4.08. The molecule has 0 aliphatic heterocycles. The van der Waals surface area contributed by atoms with E-state index in [9.17, 15) is 14.4 Å². The number of amides is 1. The van der Waals surface area contributed by atoms with Gasteiger partial charge in [0.25, 0.3) is 0 Å². The Labute approximate surface area is 162 Å². The maximum absolute atomic E-state index is 12.9. The zero-order valence-electron chi connectivity index (χ0n) is 15.6. The van der Waals surface area contributed by atoms with E-state index in [-0.39, 0.29) is 24.4 Å². The number of carbonyl (C=O) groups excluding carboxylic acids is 2. The van der Waals surface area contributed by atoms with Gasteiger partial charge in [0.2, 0.25) is 11.7 Å². The van der Waals surface area contributed by atoms with Gasteiger partial charge in [-0.15, -0.1) is 0 Å². The molecule has 150 valence electrons. The molecule has 0 aliphatic rings. The van der Waals surface area contributed by atoms with Crippen molar-refractivity contribution in [3.05, 3.63) is 53.6 Å². The maximum atomic E-state index is 12.9. The molecule has 0 aliphatic carbocycles. The molecule has 0 saturated carbocycles. The lowest BCUT2D eigenvalue weighted by Crippen LogP contribution is -2.32. The molecule has 1 heterocycles. The number of aliphatic carboxylic acids is 1. The van der Waals surface area contributed by atoms with Crippen LogP contribution in [0.5, 0.6) is 0 Å². The van der Waals surface area contributed by atoms with Gasteiger partial charge in [0.15, 0.2) is 5.82 Å². The van der Waals surface area contributed by atoms with Gasteiger partial charge in [-0.2, -0.15) is 0 Å². The zero-order valence-corrected chi connectivity index (χ0v) is 15.6. The maximum Gasteiger partial charge on any atom is 0.320 e. The number of nitrogens with two attached hydrogens (primary N) is 1. The molecule has 0 saturated heterocycles. The molecule has 5 N–H and O–H groups in total. The summed E-state index contributed by atoms with van der Waals surface area (Å²) >= 11 is 0. The predicted molar refractivity (Wildman–Crippen MR) is 100 cm³/mol. The number of hydrogen-bond acceptors (Lipinski definition) is 6. The third kappa shape index (κ3) is 6.29. The van der Waals surface area contributed by atoms with Crippen LogP contribution in [-0.2, 0) is 27.3 Å². The summed E-state index contributed by atoms with van der Waals surface area (Å²) < 4.78 is 0. The number of nitrogens with zero attached hydrogens (tertiary/aromatic N) is 1. The van der Waals surface area contributed by atoms with Gasteiger partial charge >= 0.3 is 5.97 Å². The standard InChI is InChI=1S/C19H24N4O5/c1-2-28-23-16(24)9-13(8-12-6-4-3-5-7-12)17(25)18-21-11-14(22-18)10-15(20)19(26)27/h3-7,11,13,15H,2,8-10,20H2,1H3,(H,21,22)(H,23,24)(H,26,27)/t13-,15-/m0/s1. The summed E-state index contributed by atoms with van der Waals surface area (Å²) in [6, 6.07) is 8.23. The highest BCUT2D eigenvalue weighted by Crippen LogP contribution is 2.17. The quantitative estimate of drug-likeness (QED) is 0.330. The summed E-state index contributed by atoms with van der Waals surface area (Å²) in [6.45, 7) is 2.05. The minimum atomic E-state index is -1.14. The number of hydroxylamine groups is 1. The molecule has 0 spiro atoms. The Hall–Kier alpha value is -3.04. The number of hydrogen-bond donors (Lipinski definition) is 4. The minimum Gasteiger partial charge on any atom is -0.480 e. The summed E-state index contributed by atoms with van der Waals surface area (Å²) in [5, 5.41) is 8.90. The number of Topliss-reactive ketones (excluding diaryl/α,β-unsaturated/α-hetero) is 1. The number of aromatic nitrogens is 2. The van der Waals surface area contributed by atoms with Gasteiger partial charge < -0.3 is 15.8 Å². The minimum absolute atomic E-state index is 0.0177. The van der Waals surface area contributed by atoms with Crippen LogP contribution in [0.1, 0.15) is 35.2 Å². The third-order valence-electron chi connectivity index (χ3n) is 4.08. The number of benzene rings is 1. The normalized spacial score (nSPS) is 12.9. The number of carboxylic acids is 1. The van der Waals surface area contributed by atoms with Crippen molar-refractivity contribution in [2.45, 2.75) is 32.2 Å². The number of ketones is 1. The largest absolute Gasteiger partial charge is 0.480 e. The van der Waals surface area contributed by atoms with Crippen molar-refractivity contribution in [3.63, 3.8) is 0 Å². The van der Waals surface area contributed by atoms with Crippen LogP contribution in [0.3, 0.4) is 0 Å².